The van der Waals surface area contributed by atoms with E-state index in [2.05, 4.69) is 17.3 Å². The number of rotatable bonds is 4. The van der Waals surface area contributed by atoms with Gasteiger partial charge >= 0.3 is 0 Å². The maximum atomic E-state index is 13.3. The van der Waals surface area contributed by atoms with Crippen molar-refractivity contribution in [3.05, 3.63) is 64.3 Å². The van der Waals surface area contributed by atoms with Crippen molar-refractivity contribution in [2.45, 2.75) is 26.2 Å². The molecule has 7 heteroatoms. The summed E-state index contributed by atoms with van der Waals surface area (Å²) in [6.07, 6.45) is 2.87. The molecule has 1 saturated heterocycles. The lowest BCUT2D eigenvalue weighted by Crippen LogP contribution is -2.39. The van der Waals surface area contributed by atoms with E-state index in [0.29, 0.717) is 46.6 Å². The minimum atomic E-state index is -0.0461. The SMILES string of the molecule is Cc1noc(-c2ccccc2Cl)c1C(=O)N1CCC(Cc2ccc3c(c2)OCO3)CC1. The van der Waals surface area contributed by atoms with Gasteiger partial charge in [-0.2, -0.15) is 0 Å². The van der Waals surface area contributed by atoms with Crippen LogP contribution in [0.15, 0.2) is 47.0 Å². The number of aryl methyl sites for hydroxylation is 1. The van der Waals surface area contributed by atoms with Crippen LogP contribution in [0, 0.1) is 12.8 Å². The summed E-state index contributed by atoms with van der Waals surface area (Å²) in [5.74, 6) is 2.55. The Morgan fingerprint density at radius 2 is 1.90 bits per heavy atom. The zero-order valence-electron chi connectivity index (χ0n) is 17.3. The van der Waals surface area contributed by atoms with Crippen LogP contribution in [-0.4, -0.2) is 35.8 Å². The lowest BCUT2D eigenvalue weighted by molar-refractivity contribution is 0.0690. The van der Waals surface area contributed by atoms with Crippen molar-refractivity contribution in [2.24, 2.45) is 5.92 Å². The number of ether oxygens (including phenoxy) is 2. The number of piperidine rings is 1. The van der Waals surface area contributed by atoms with Crippen molar-refractivity contribution >= 4 is 17.5 Å². The maximum absolute atomic E-state index is 13.3. The molecule has 0 spiro atoms. The molecular formula is C24H23ClN2O4. The third-order valence-corrected chi connectivity index (χ3v) is 6.39. The topological polar surface area (TPSA) is 64.8 Å². The largest absolute Gasteiger partial charge is 0.454 e. The molecule has 0 unspecified atom stereocenters. The van der Waals surface area contributed by atoms with Gasteiger partial charge in [-0.25, -0.2) is 0 Å². The van der Waals surface area contributed by atoms with Gasteiger partial charge in [-0.05, 0) is 61.9 Å². The van der Waals surface area contributed by atoms with E-state index in [4.69, 9.17) is 25.6 Å². The molecule has 1 fully saturated rings. The highest BCUT2D eigenvalue weighted by Gasteiger charge is 2.30. The fourth-order valence-corrected chi connectivity index (χ4v) is 4.57. The Kier molecular flexibility index (Phi) is 5.32. The van der Waals surface area contributed by atoms with Crippen LogP contribution < -0.4 is 9.47 Å². The molecule has 3 aromatic rings. The second kappa shape index (κ2) is 8.27. The van der Waals surface area contributed by atoms with Crippen LogP contribution in [0.5, 0.6) is 11.5 Å². The zero-order chi connectivity index (χ0) is 21.4. The molecular weight excluding hydrogens is 416 g/mol. The van der Waals surface area contributed by atoms with Crippen molar-refractivity contribution in [3.8, 4) is 22.8 Å². The number of benzene rings is 2. The van der Waals surface area contributed by atoms with Crippen molar-refractivity contribution in [1.82, 2.24) is 10.1 Å². The van der Waals surface area contributed by atoms with Gasteiger partial charge in [-0.1, -0.05) is 35.0 Å². The highest BCUT2D eigenvalue weighted by Crippen LogP contribution is 2.35. The molecule has 3 heterocycles. The number of amides is 1. The molecule has 0 saturated carbocycles. The van der Waals surface area contributed by atoms with Gasteiger partial charge < -0.3 is 18.9 Å². The first kappa shape index (κ1) is 19.9. The van der Waals surface area contributed by atoms with Crippen molar-refractivity contribution < 1.29 is 18.8 Å². The maximum Gasteiger partial charge on any atom is 0.259 e. The number of hydrogen-bond acceptors (Lipinski definition) is 5. The highest BCUT2D eigenvalue weighted by atomic mass is 35.5. The summed E-state index contributed by atoms with van der Waals surface area (Å²) in [4.78, 5) is 15.2. The lowest BCUT2D eigenvalue weighted by atomic mass is 9.89. The normalized spacial score (nSPS) is 16.0. The van der Waals surface area contributed by atoms with E-state index >= 15 is 0 Å². The Morgan fingerprint density at radius 1 is 1.13 bits per heavy atom. The van der Waals surface area contributed by atoms with Crippen LogP contribution in [0.25, 0.3) is 11.3 Å². The average Bonchev–Trinajstić information content (AvgIpc) is 3.40. The number of hydrogen-bond donors (Lipinski definition) is 0. The molecule has 0 radical (unpaired) electrons. The summed E-state index contributed by atoms with van der Waals surface area (Å²) in [6.45, 7) is 3.50. The van der Waals surface area contributed by atoms with E-state index in [1.54, 1.807) is 13.0 Å². The van der Waals surface area contributed by atoms with Crippen LogP contribution >= 0.6 is 11.6 Å². The lowest BCUT2D eigenvalue weighted by Gasteiger charge is -2.32. The molecule has 1 aromatic heterocycles. The monoisotopic (exact) mass is 438 g/mol. The van der Waals surface area contributed by atoms with E-state index in [9.17, 15) is 4.79 Å². The van der Waals surface area contributed by atoms with E-state index in [0.717, 1.165) is 30.8 Å². The molecule has 31 heavy (non-hydrogen) atoms. The van der Waals surface area contributed by atoms with Gasteiger partial charge in [0.1, 0.15) is 5.56 Å². The minimum absolute atomic E-state index is 0.0461. The third kappa shape index (κ3) is 3.88. The Bertz CT molecular complexity index is 1120. The summed E-state index contributed by atoms with van der Waals surface area (Å²) in [6, 6.07) is 13.5. The smallest absolute Gasteiger partial charge is 0.259 e. The quantitative estimate of drug-likeness (QED) is 0.565. The van der Waals surface area contributed by atoms with Gasteiger partial charge in [0.25, 0.3) is 5.91 Å². The Balaban J connectivity index is 1.27. The fraction of sp³-hybridized carbons (Fsp3) is 0.333. The van der Waals surface area contributed by atoms with E-state index in [-0.39, 0.29) is 12.7 Å². The number of halogens is 1. The third-order valence-electron chi connectivity index (χ3n) is 6.06. The van der Waals surface area contributed by atoms with E-state index in [1.807, 2.05) is 29.2 Å². The Morgan fingerprint density at radius 3 is 2.71 bits per heavy atom. The molecule has 0 N–H and O–H groups in total. The van der Waals surface area contributed by atoms with Crippen molar-refractivity contribution in [1.29, 1.82) is 0 Å². The van der Waals surface area contributed by atoms with Gasteiger partial charge in [0.2, 0.25) is 6.79 Å². The summed E-state index contributed by atoms with van der Waals surface area (Å²) in [5, 5.41) is 4.58. The second-order valence-corrected chi connectivity index (χ2v) is 8.49. The van der Waals surface area contributed by atoms with Gasteiger partial charge in [0.05, 0.1) is 10.7 Å². The molecule has 6 nitrogen and oxygen atoms in total. The standard InChI is InChI=1S/C24H23ClN2O4/c1-15-22(23(31-26-15)18-4-2-3-5-19(18)25)24(28)27-10-8-16(9-11-27)12-17-6-7-20-21(13-17)30-14-29-20/h2-7,13,16H,8-12,14H2,1H3. The minimum Gasteiger partial charge on any atom is -0.454 e. The first-order chi connectivity index (χ1) is 15.1. The molecule has 0 aliphatic carbocycles. The summed E-state index contributed by atoms with van der Waals surface area (Å²) in [7, 11) is 0. The molecule has 160 valence electrons. The predicted octanol–water partition coefficient (Wildman–Crippen LogP) is 5.13. The van der Waals surface area contributed by atoms with Crippen LogP contribution in [0.2, 0.25) is 5.02 Å². The first-order valence-corrected chi connectivity index (χ1v) is 10.9. The highest BCUT2D eigenvalue weighted by molar-refractivity contribution is 6.33. The van der Waals surface area contributed by atoms with Gasteiger partial charge in [0, 0.05) is 18.7 Å². The molecule has 2 aliphatic heterocycles. The summed E-state index contributed by atoms with van der Waals surface area (Å²) >= 11 is 6.33. The number of nitrogens with zero attached hydrogens (tertiary/aromatic N) is 2. The summed E-state index contributed by atoms with van der Waals surface area (Å²) < 4.78 is 16.4. The zero-order valence-corrected chi connectivity index (χ0v) is 18.0. The van der Waals surface area contributed by atoms with Gasteiger partial charge in [-0.15, -0.1) is 0 Å². The van der Waals surface area contributed by atoms with Crippen LogP contribution in [0.4, 0.5) is 0 Å². The summed E-state index contributed by atoms with van der Waals surface area (Å²) in [5.41, 5.74) is 3.01. The molecule has 0 atom stereocenters. The van der Waals surface area contributed by atoms with E-state index < -0.39 is 0 Å². The fourth-order valence-electron chi connectivity index (χ4n) is 4.35. The van der Waals surface area contributed by atoms with Gasteiger partial charge in [-0.3, -0.25) is 4.79 Å². The average molecular weight is 439 g/mol. The Labute approximate surface area is 185 Å². The van der Waals surface area contributed by atoms with Crippen LogP contribution in [0.1, 0.15) is 34.5 Å². The molecule has 0 bridgehead atoms. The molecule has 5 rings (SSSR count). The number of carbonyl (C=O) groups excluding carboxylic acids is 1. The van der Waals surface area contributed by atoms with Crippen LogP contribution in [-0.2, 0) is 6.42 Å². The molecule has 2 aliphatic rings. The number of fused-ring (bicyclic) bond motifs is 1. The predicted molar refractivity (Wildman–Crippen MR) is 117 cm³/mol. The van der Waals surface area contributed by atoms with Crippen molar-refractivity contribution in [3.63, 3.8) is 0 Å². The molecule has 2 aromatic carbocycles. The van der Waals surface area contributed by atoms with Gasteiger partial charge in [0.15, 0.2) is 17.3 Å². The van der Waals surface area contributed by atoms with Crippen LogP contribution in [0.3, 0.4) is 0 Å². The number of carbonyl (C=O) groups is 1. The molecule has 1 amide bonds. The van der Waals surface area contributed by atoms with E-state index in [1.165, 1.54) is 5.56 Å². The first-order valence-electron chi connectivity index (χ1n) is 10.5. The second-order valence-electron chi connectivity index (χ2n) is 8.08. The number of aromatic nitrogens is 1. The van der Waals surface area contributed by atoms with Crippen molar-refractivity contribution in [2.75, 3.05) is 19.9 Å². The number of likely N-dealkylation sites (tertiary alicyclic amines) is 1. The Hall–Kier alpha value is -2.99.